The first-order valence-electron chi connectivity index (χ1n) is 4.88. The SMILES string of the molecule is Cc1ccc(CCC[CH2][AlH2])cc1. The lowest BCUT2D eigenvalue weighted by Crippen LogP contribution is -1.85. The Bertz CT molecular complexity index is 213. The third-order valence-electron chi connectivity index (χ3n) is 2.19. The van der Waals surface area contributed by atoms with Gasteiger partial charge in [0.05, 0.1) is 0 Å². The number of aryl methyl sites for hydroxylation is 2. The molecule has 0 nitrogen and oxygen atoms in total. The van der Waals surface area contributed by atoms with E-state index >= 15 is 0 Å². The van der Waals surface area contributed by atoms with Crippen LogP contribution in [-0.4, -0.2) is 16.3 Å². The van der Waals surface area contributed by atoms with Crippen molar-refractivity contribution in [3.05, 3.63) is 35.4 Å². The van der Waals surface area contributed by atoms with Gasteiger partial charge < -0.3 is 0 Å². The lowest BCUT2D eigenvalue weighted by molar-refractivity contribution is 0.794. The van der Waals surface area contributed by atoms with Crippen LogP contribution >= 0.6 is 0 Å². The molecule has 0 spiro atoms. The molecule has 0 atom stereocenters. The Morgan fingerprint density at radius 1 is 1.08 bits per heavy atom. The maximum Gasteiger partial charge on any atom is 0.211 e. The van der Waals surface area contributed by atoms with Gasteiger partial charge in [0, 0.05) is 0 Å². The van der Waals surface area contributed by atoms with Gasteiger partial charge in [-0.05, 0) is 18.9 Å². The molecule has 0 heterocycles. The molecule has 0 aliphatic rings. The van der Waals surface area contributed by atoms with Crippen LogP contribution in [0.25, 0.3) is 0 Å². The van der Waals surface area contributed by atoms with Crippen LogP contribution in [0.4, 0.5) is 0 Å². The standard InChI is InChI=1S/C11H15.Al.2H/c1-3-4-5-11-8-6-10(2)7-9-11;;;/h6-9H,1,3-5H2,2H3;;;. The molecule has 0 unspecified atom stereocenters. The van der Waals surface area contributed by atoms with Gasteiger partial charge in [-0.3, -0.25) is 0 Å². The maximum atomic E-state index is 2.25. The Balaban J connectivity index is 2.37. The minimum absolute atomic E-state index is 1.27. The second-order valence-electron chi connectivity index (χ2n) is 3.44. The molecule has 0 radical (unpaired) electrons. The third-order valence-corrected chi connectivity index (χ3v) is 2.90. The van der Waals surface area contributed by atoms with Crippen molar-refractivity contribution < 1.29 is 0 Å². The van der Waals surface area contributed by atoms with Crippen LogP contribution in [0.2, 0.25) is 5.28 Å². The predicted molar refractivity (Wildman–Crippen MR) is 57.5 cm³/mol. The maximum absolute atomic E-state index is 2.25. The van der Waals surface area contributed by atoms with Crippen molar-refractivity contribution in [2.75, 3.05) is 0 Å². The van der Waals surface area contributed by atoms with Crippen LogP contribution in [0.15, 0.2) is 24.3 Å². The highest BCUT2D eigenvalue weighted by Crippen LogP contribution is 2.07. The predicted octanol–water partition coefficient (Wildman–Crippen LogP) is 2.37. The monoisotopic (exact) mass is 176 g/mol. The molecule has 0 aliphatic heterocycles. The summed E-state index contributed by atoms with van der Waals surface area (Å²) in [6, 6.07) is 8.91. The van der Waals surface area contributed by atoms with Gasteiger partial charge in [0.25, 0.3) is 0 Å². The number of rotatable bonds is 4. The van der Waals surface area contributed by atoms with Crippen molar-refractivity contribution in [3.8, 4) is 0 Å². The van der Waals surface area contributed by atoms with Gasteiger partial charge in [0.2, 0.25) is 16.3 Å². The van der Waals surface area contributed by atoms with E-state index in [1.807, 2.05) is 0 Å². The summed E-state index contributed by atoms with van der Waals surface area (Å²) in [6.07, 6.45) is 4.05. The van der Waals surface area contributed by atoms with Crippen molar-refractivity contribution in [1.29, 1.82) is 0 Å². The first-order chi connectivity index (χ1) is 5.83. The summed E-state index contributed by atoms with van der Waals surface area (Å²) in [6.45, 7) is 2.14. The molecule has 0 amide bonds. The molecule has 12 heavy (non-hydrogen) atoms. The first kappa shape index (κ1) is 9.84. The molecule has 0 N–H and O–H groups in total. The van der Waals surface area contributed by atoms with Crippen LogP contribution in [0.1, 0.15) is 24.0 Å². The smallest absolute Gasteiger partial charge is 0.101 e. The number of benzene rings is 1. The van der Waals surface area contributed by atoms with Crippen molar-refractivity contribution in [1.82, 2.24) is 0 Å². The summed E-state index contributed by atoms with van der Waals surface area (Å²) in [7, 11) is 0. The fourth-order valence-corrected chi connectivity index (χ4v) is 1.83. The minimum Gasteiger partial charge on any atom is -0.101 e. The minimum atomic E-state index is 1.27. The van der Waals surface area contributed by atoms with Crippen LogP contribution in [0.5, 0.6) is 0 Å². The fourth-order valence-electron chi connectivity index (χ4n) is 1.33. The second-order valence-corrected chi connectivity index (χ2v) is 4.44. The van der Waals surface area contributed by atoms with Gasteiger partial charge in [-0.1, -0.05) is 42.7 Å². The summed E-state index contributed by atoms with van der Waals surface area (Å²) in [5, 5.41) is 1.45. The van der Waals surface area contributed by atoms with Crippen molar-refractivity contribution in [2.24, 2.45) is 0 Å². The van der Waals surface area contributed by atoms with E-state index in [1.165, 1.54) is 52.0 Å². The van der Waals surface area contributed by atoms with Gasteiger partial charge in [0.1, 0.15) is 0 Å². The van der Waals surface area contributed by atoms with E-state index < -0.39 is 0 Å². The Labute approximate surface area is 83.4 Å². The molecule has 0 saturated heterocycles. The molecule has 1 aromatic rings. The number of hydrogen-bond donors (Lipinski definition) is 0. The van der Waals surface area contributed by atoms with Gasteiger partial charge in [-0.15, -0.1) is 5.28 Å². The quantitative estimate of drug-likeness (QED) is 0.488. The molecular formula is C11H17Al. The average Bonchev–Trinajstić information content (AvgIpc) is 2.09. The van der Waals surface area contributed by atoms with Crippen LogP contribution < -0.4 is 0 Å². The van der Waals surface area contributed by atoms with E-state index in [0.29, 0.717) is 0 Å². The Hall–Kier alpha value is -0.248. The summed E-state index contributed by atoms with van der Waals surface area (Å²) in [5.41, 5.74) is 2.86. The molecule has 0 bridgehead atoms. The highest BCUT2D eigenvalue weighted by molar-refractivity contribution is 6.08. The first-order valence-corrected chi connectivity index (χ1v) is 6.30. The van der Waals surface area contributed by atoms with Crippen LogP contribution in [0.3, 0.4) is 0 Å². The van der Waals surface area contributed by atoms with Gasteiger partial charge in [-0.2, -0.15) is 0 Å². The normalized spacial score (nSPS) is 10.1. The number of unbranched alkanes of at least 4 members (excludes halogenated alkanes) is 1. The lowest BCUT2D eigenvalue weighted by Gasteiger charge is -2.00. The van der Waals surface area contributed by atoms with Gasteiger partial charge in [0.15, 0.2) is 0 Å². The second kappa shape index (κ2) is 5.41. The molecule has 64 valence electrons. The topological polar surface area (TPSA) is 0 Å². The largest absolute Gasteiger partial charge is 0.211 e. The number of hydrogen-bond acceptors (Lipinski definition) is 0. The van der Waals surface area contributed by atoms with E-state index in [2.05, 4.69) is 31.2 Å². The Kier molecular flexibility index (Phi) is 4.43. The highest BCUT2D eigenvalue weighted by Gasteiger charge is 1.91. The van der Waals surface area contributed by atoms with Crippen LogP contribution in [0, 0.1) is 6.92 Å². The molecule has 0 aromatic heterocycles. The van der Waals surface area contributed by atoms with Crippen molar-refractivity contribution >= 4 is 16.3 Å². The molecular weight excluding hydrogens is 159 g/mol. The summed E-state index contributed by atoms with van der Waals surface area (Å²) >= 11 is 1.36. The summed E-state index contributed by atoms with van der Waals surface area (Å²) < 4.78 is 0. The zero-order valence-electron chi connectivity index (χ0n) is 8.14. The zero-order valence-corrected chi connectivity index (χ0v) is 10.1. The molecule has 0 fully saturated rings. The van der Waals surface area contributed by atoms with Crippen LogP contribution in [-0.2, 0) is 6.42 Å². The molecule has 1 heteroatoms. The molecule has 1 rings (SSSR count). The highest BCUT2D eigenvalue weighted by atomic mass is 27.0. The lowest BCUT2D eigenvalue weighted by atomic mass is 10.1. The van der Waals surface area contributed by atoms with E-state index in [9.17, 15) is 0 Å². The van der Waals surface area contributed by atoms with E-state index in [4.69, 9.17) is 0 Å². The van der Waals surface area contributed by atoms with E-state index in [1.54, 1.807) is 0 Å². The summed E-state index contributed by atoms with van der Waals surface area (Å²) in [4.78, 5) is 0. The van der Waals surface area contributed by atoms with Gasteiger partial charge >= 0.3 is 0 Å². The van der Waals surface area contributed by atoms with Crippen molar-refractivity contribution in [3.63, 3.8) is 0 Å². The molecule has 0 saturated carbocycles. The third kappa shape index (κ3) is 3.43. The van der Waals surface area contributed by atoms with Crippen molar-refractivity contribution in [2.45, 2.75) is 31.5 Å². The fraction of sp³-hybridized carbons (Fsp3) is 0.455. The van der Waals surface area contributed by atoms with Gasteiger partial charge in [-0.25, -0.2) is 0 Å². The Morgan fingerprint density at radius 3 is 2.33 bits per heavy atom. The summed E-state index contributed by atoms with van der Waals surface area (Å²) in [5.74, 6) is 0. The van der Waals surface area contributed by atoms with E-state index in [0.717, 1.165) is 0 Å². The average molecular weight is 176 g/mol. The molecule has 1 aromatic carbocycles. The molecule has 0 aliphatic carbocycles. The zero-order chi connectivity index (χ0) is 8.81. The Morgan fingerprint density at radius 2 is 1.75 bits per heavy atom. The van der Waals surface area contributed by atoms with E-state index in [-0.39, 0.29) is 0 Å².